The fourth-order valence-corrected chi connectivity index (χ4v) is 1.27. The third-order valence-electron chi connectivity index (χ3n) is 1.23. The summed E-state index contributed by atoms with van der Waals surface area (Å²) in [6.45, 7) is 0.580. The highest BCUT2D eigenvalue weighted by Crippen LogP contribution is 2.14. The van der Waals surface area contributed by atoms with Gasteiger partial charge in [-0.3, -0.25) is 4.79 Å². The second kappa shape index (κ2) is 4.97. The zero-order chi connectivity index (χ0) is 10.6. The van der Waals surface area contributed by atoms with Crippen molar-refractivity contribution in [2.24, 2.45) is 0 Å². The second-order valence-electron chi connectivity index (χ2n) is 2.90. The maximum atomic E-state index is 10.2. The van der Waals surface area contributed by atoms with Crippen LogP contribution in [-0.4, -0.2) is 46.0 Å². The molecule has 1 N–H and O–H groups in total. The van der Waals surface area contributed by atoms with E-state index >= 15 is 0 Å². The number of hydrogen-bond donors (Lipinski definition) is 1. The number of carboxylic acids is 1. The van der Waals surface area contributed by atoms with Crippen molar-refractivity contribution in [3.8, 4) is 0 Å². The molecule has 0 atom stereocenters. The maximum Gasteiger partial charge on any atom is 0.314 e. The molecular weight excluding hydrogens is 206 g/mol. The van der Waals surface area contributed by atoms with E-state index < -0.39 is 5.97 Å². The first-order valence-corrected chi connectivity index (χ1v) is 4.88. The van der Waals surface area contributed by atoms with Crippen LogP contribution < -0.4 is 0 Å². The molecular formula is C7H11N3O3S. The van der Waals surface area contributed by atoms with E-state index in [0.717, 1.165) is 11.8 Å². The molecule has 0 amide bonds. The molecule has 0 aliphatic carbocycles. The van der Waals surface area contributed by atoms with E-state index in [4.69, 9.17) is 9.63 Å². The van der Waals surface area contributed by atoms with Crippen LogP contribution in [-0.2, 0) is 11.3 Å². The Morgan fingerprint density at radius 3 is 2.93 bits per heavy atom. The van der Waals surface area contributed by atoms with Crippen LogP contribution in [0, 0.1) is 0 Å². The van der Waals surface area contributed by atoms with Crippen molar-refractivity contribution >= 4 is 17.7 Å². The summed E-state index contributed by atoms with van der Waals surface area (Å²) >= 11 is 1.02. The molecule has 6 nitrogen and oxygen atoms in total. The Kier molecular flexibility index (Phi) is 3.90. The predicted octanol–water partition coefficient (Wildman–Crippen LogP) is 0.308. The van der Waals surface area contributed by atoms with Crippen LogP contribution in [0.3, 0.4) is 0 Å². The Hall–Kier alpha value is -1.08. The highest BCUT2D eigenvalue weighted by Gasteiger charge is 2.09. The number of hydrogen-bond acceptors (Lipinski definition) is 6. The van der Waals surface area contributed by atoms with Gasteiger partial charge in [0, 0.05) is 0 Å². The van der Waals surface area contributed by atoms with E-state index in [1.807, 2.05) is 19.0 Å². The molecule has 7 heteroatoms. The van der Waals surface area contributed by atoms with Gasteiger partial charge < -0.3 is 14.5 Å². The molecule has 0 bridgehead atoms. The zero-order valence-electron chi connectivity index (χ0n) is 7.93. The van der Waals surface area contributed by atoms with E-state index in [2.05, 4.69) is 10.1 Å². The molecule has 0 aliphatic rings. The molecule has 0 saturated carbocycles. The minimum Gasteiger partial charge on any atom is -0.481 e. The average Bonchev–Trinajstić information content (AvgIpc) is 2.47. The largest absolute Gasteiger partial charge is 0.481 e. The number of thioether (sulfide) groups is 1. The molecule has 0 radical (unpaired) electrons. The number of aliphatic carboxylic acids is 1. The van der Waals surface area contributed by atoms with Crippen LogP contribution in [0.1, 0.15) is 5.82 Å². The Morgan fingerprint density at radius 1 is 1.64 bits per heavy atom. The van der Waals surface area contributed by atoms with E-state index in [-0.39, 0.29) is 5.75 Å². The Balaban J connectivity index is 2.46. The minimum atomic E-state index is -0.901. The number of nitrogens with zero attached hydrogens (tertiary/aromatic N) is 3. The molecule has 1 rings (SSSR count). The summed E-state index contributed by atoms with van der Waals surface area (Å²) in [6, 6.07) is 0. The van der Waals surface area contributed by atoms with Crippen LogP contribution in [0.25, 0.3) is 0 Å². The van der Waals surface area contributed by atoms with Crippen molar-refractivity contribution in [2.75, 3.05) is 19.8 Å². The van der Waals surface area contributed by atoms with E-state index in [9.17, 15) is 4.79 Å². The van der Waals surface area contributed by atoms with Crippen molar-refractivity contribution in [2.45, 2.75) is 11.8 Å². The highest BCUT2D eigenvalue weighted by molar-refractivity contribution is 7.99. The van der Waals surface area contributed by atoms with Crippen LogP contribution in [0.4, 0.5) is 0 Å². The first kappa shape index (κ1) is 11.0. The Morgan fingerprint density at radius 2 is 2.36 bits per heavy atom. The van der Waals surface area contributed by atoms with Crippen molar-refractivity contribution < 1.29 is 14.4 Å². The Labute approximate surface area is 85.3 Å². The van der Waals surface area contributed by atoms with Crippen LogP contribution in [0.5, 0.6) is 0 Å². The van der Waals surface area contributed by atoms with E-state index in [0.29, 0.717) is 17.6 Å². The molecule has 1 aromatic rings. The normalized spacial score (nSPS) is 10.8. The fourth-order valence-electron chi connectivity index (χ4n) is 0.767. The van der Waals surface area contributed by atoms with Gasteiger partial charge in [-0.05, 0) is 14.1 Å². The summed E-state index contributed by atoms with van der Waals surface area (Å²) in [5.74, 6) is -0.408. The summed E-state index contributed by atoms with van der Waals surface area (Å²) in [7, 11) is 3.78. The average molecular weight is 217 g/mol. The molecule has 14 heavy (non-hydrogen) atoms. The number of carbonyl (C=O) groups is 1. The SMILES string of the molecule is CN(C)Cc1noc(SCC(=O)O)n1. The van der Waals surface area contributed by atoms with Gasteiger partial charge in [0.05, 0.1) is 6.54 Å². The summed E-state index contributed by atoms with van der Waals surface area (Å²) in [5.41, 5.74) is 0. The van der Waals surface area contributed by atoms with Gasteiger partial charge in [-0.25, -0.2) is 0 Å². The first-order valence-electron chi connectivity index (χ1n) is 3.90. The first-order chi connectivity index (χ1) is 6.58. The number of carboxylic acid groups (broad SMARTS) is 1. The van der Waals surface area contributed by atoms with Crippen molar-refractivity contribution in [1.29, 1.82) is 0 Å². The molecule has 0 unspecified atom stereocenters. The van der Waals surface area contributed by atoms with Crippen molar-refractivity contribution in [1.82, 2.24) is 15.0 Å². The summed E-state index contributed by atoms with van der Waals surface area (Å²) < 4.78 is 4.83. The molecule has 0 aromatic carbocycles. The third kappa shape index (κ3) is 3.75. The van der Waals surface area contributed by atoms with Gasteiger partial charge in [-0.2, -0.15) is 4.98 Å². The van der Waals surface area contributed by atoms with Gasteiger partial charge >= 0.3 is 5.97 Å². The molecule has 0 aliphatic heterocycles. The topological polar surface area (TPSA) is 79.5 Å². The number of aromatic nitrogens is 2. The fraction of sp³-hybridized carbons (Fsp3) is 0.571. The second-order valence-corrected chi connectivity index (χ2v) is 3.82. The molecule has 0 fully saturated rings. The van der Waals surface area contributed by atoms with Crippen LogP contribution >= 0.6 is 11.8 Å². The molecule has 0 saturated heterocycles. The Bertz CT molecular complexity index is 313. The zero-order valence-corrected chi connectivity index (χ0v) is 8.74. The summed E-state index contributed by atoms with van der Waals surface area (Å²) in [4.78, 5) is 16.1. The number of rotatable bonds is 5. The van der Waals surface area contributed by atoms with Crippen LogP contribution in [0.2, 0.25) is 0 Å². The standard InChI is InChI=1S/C7H11N3O3S/c1-10(2)3-5-8-7(13-9-5)14-4-6(11)12/h3-4H2,1-2H3,(H,11,12). The quantitative estimate of drug-likeness (QED) is 0.711. The van der Waals surface area contributed by atoms with Gasteiger partial charge in [0.25, 0.3) is 5.22 Å². The van der Waals surface area contributed by atoms with Crippen LogP contribution in [0.15, 0.2) is 9.75 Å². The lowest BCUT2D eigenvalue weighted by atomic mass is 10.6. The predicted molar refractivity (Wildman–Crippen MR) is 50.0 cm³/mol. The van der Waals surface area contributed by atoms with Gasteiger partial charge in [0.1, 0.15) is 5.75 Å². The molecule has 1 heterocycles. The van der Waals surface area contributed by atoms with Gasteiger partial charge in [-0.15, -0.1) is 0 Å². The van der Waals surface area contributed by atoms with Crippen molar-refractivity contribution in [3.05, 3.63) is 5.82 Å². The summed E-state index contributed by atoms with van der Waals surface area (Å²) in [6.07, 6.45) is 0. The van der Waals surface area contributed by atoms with E-state index in [1.165, 1.54) is 0 Å². The smallest absolute Gasteiger partial charge is 0.314 e. The lowest BCUT2D eigenvalue weighted by Crippen LogP contribution is -2.11. The van der Waals surface area contributed by atoms with Gasteiger partial charge in [0.15, 0.2) is 5.82 Å². The monoisotopic (exact) mass is 217 g/mol. The highest BCUT2D eigenvalue weighted by atomic mass is 32.2. The summed E-state index contributed by atoms with van der Waals surface area (Å²) in [5, 5.41) is 12.4. The minimum absolute atomic E-state index is 0.0659. The van der Waals surface area contributed by atoms with E-state index in [1.54, 1.807) is 0 Å². The van der Waals surface area contributed by atoms with Gasteiger partial charge in [0.2, 0.25) is 0 Å². The van der Waals surface area contributed by atoms with Gasteiger partial charge in [-0.1, -0.05) is 16.9 Å². The molecule has 0 spiro atoms. The lowest BCUT2D eigenvalue weighted by molar-refractivity contribution is -0.133. The lowest BCUT2D eigenvalue weighted by Gasteiger charge is -2.03. The molecule has 78 valence electrons. The molecule has 1 aromatic heterocycles. The van der Waals surface area contributed by atoms with Crippen molar-refractivity contribution in [3.63, 3.8) is 0 Å². The maximum absolute atomic E-state index is 10.2. The third-order valence-corrected chi connectivity index (χ3v) is 2.03.